The van der Waals surface area contributed by atoms with Gasteiger partial charge >= 0.3 is 0 Å². The van der Waals surface area contributed by atoms with Crippen LogP contribution in [0.4, 0.5) is 14.5 Å². The zero-order valence-corrected chi connectivity index (χ0v) is 18.8. The van der Waals surface area contributed by atoms with Gasteiger partial charge in [0.2, 0.25) is 0 Å². The van der Waals surface area contributed by atoms with Gasteiger partial charge in [0, 0.05) is 41.5 Å². The Hall–Kier alpha value is -3.06. The van der Waals surface area contributed by atoms with E-state index in [2.05, 4.69) is 42.2 Å². The summed E-state index contributed by atoms with van der Waals surface area (Å²) in [5, 5.41) is 4.69. The number of carbonyl (C=O) groups excluding carboxylic acids is 1. The number of hydrogen-bond acceptors (Lipinski definition) is 3. The Bertz CT molecular complexity index is 1280. The van der Waals surface area contributed by atoms with Crippen molar-refractivity contribution in [3.8, 4) is 5.69 Å². The number of benzene rings is 2. The van der Waals surface area contributed by atoms with Crippen LogP contribution in [-0.2, 0) is 12.8 Å². The number of halogens is 2. The minimum absolute atomic E-state index is 0.0864. The van der Waals surface area contributed by atoms with Gasteiger partial charge in [0.05, 0.1) is 5.69 Å². The first-order valence-corrected chi connectivity index (χ1v) is 11.6. The number of rotatable bonds is 2. The largest absolute Gasteiger partial charge is 0.306 e. The fourth-order valence-corrected chi connectivity index (χ4v) is 5.90. The Morgan fingerprint density at radius 3 is 2.76 bits per heavy atom. The molecule has 0 spiro atoms. The molecule has 3 aliphatic rings. The smallest absolute Gasteiger partial charge is 0.279 e. The van der Waals surface area contributed by atoms with Crippen LogP contribution in [0.25, 0.3) is 5.69 Å². The number of aromatic nitrogens is 2. The highest BCUT2D eigenvalue weighted by atomic mass is 19.2. The average molecular weight is 449 g/mol. The maximum absolute atomic E-state index is 14.1. The monoisotopic (exact) mass is 448 g/mol. The summed E-state index contributed by atoms with van der Waals surface area (Å²) >= 11 is 0. The molecule has 0 saturated carbocycles. The van der Waals surface area contributed by atoms with Crippen molar-refractivity contribution in [2.75, 3.05) is 25.0 Å². The number of piperidine rings is 1. The topological polar surface area (TPSA) is 41.4 Å². The normalized spacial score (nSPS) is 21.8. The van der Waals surface area contributed by atoms with Crippen molar-refractivity contribution in [1.82, 2.24) is 14.7 Å². The van der Waals surface area contributed by atoms with Crippen LogP contribution in [0.3, 0.4) is 0 Å². The zero-order valence-electron chi connectivity index (χ0n) is 18.8. The van der Waals surface area contributed by atoms with Gasteiger partial charge in [-0.3, -0.25) is 4.79 Å². The minimum atomic E-state index is -0.916. The number of aryl methyl sites for hydroxylation is 1. The lowest BCUT2D eigenvalue weighted by Crippen LogP contribution is -2.47. The molecular weight excluding hydrogens is 422 g/mol. The summed E-state index contributed by atoms with van der Waals surface area (Å²) in [6, 6.07) is 10.2. The van der Waals surface area contributed by atoms with Gasteiger partial charge in [0.15, 0.2) is 17.3 Å². The number of likely N-dealkylation sites (N-methyl/N-ethyl adjacent to an activating group) is 1. The van der Waals surface area contributed by atoms with E-state index in [4.69, 9.17) is 0 Å². The van der Waals surface area contributed by atoms with Gasteiger partial charge in [-0.15, -0.1) is 0 Å². The van der Waals surface area contributed by atoms with E-state index < -0.39 is 11.6 Å². The average Bonchev–Trinajstić information content (AvgIpc) is 3.48. The van der Waals surface area contributed by atoms with Crippen molar-refractivity contribution in [3.63, 3.8) is 0 Å². The van der Waals surface area contributed by atoms with E-state index in [1.54, 1.807) is 4.68 Å². The Labute approximate surface area is 191 Å². The fraction of sp³-hybridized carbons (Fsp3) is 0.385. The molecular formula is C26H26F2N4O. The number of fused-ring (bicyclic) bond motifs is 4. The number of carbonyl (C=O) groups is 1. The minimum Gasteiger partial charge on any atom is -0.306 e. The van der Waals surface area contributed by atoms with Crippen molar-refractivity contribution in [2.45, 2.75) is 44.6 Å². The first kappa shape index (κ1) is 20.5. The third-order valence-corrected chi connectivity index (χ3v) is 7.45. The van der Waals surface area contributed by atoms with Crippen molar-refractivity contribution < 1.29 is 13.6 Å². The van der Waals surface area contributed by atoms with E-state index in [-0.39, 0.29) is 17.9 Å². The first-order valence-electron chi connectivity index (χ1n) is 11.6. The Morgan fingerprint density at radius 1 is 1.09 bits per heavy atom. The molecule has 1 fully saturated rings. The van der Waals surface area contributed by atoms with E-state index in [0.29, 0.717) is 11.4 Å². The van der Waals surface area contributed by atoms with Gasteiger partial charge < -0.3 is 9.80 Å². The lowest BCUT2D eigenvalue weighted by molar-refractivity contribution is 0.0958. The SMILES string of the molecule is Cc1ccc2c(c1)C1CN(C)CCC1N2C(=O)c1nn(-c2ccc(F)c(F)c2)c2c1CCC2. The van der Waals surface area contributed by atoms with Gasteiger partial charge in [-0.05, 0) is 70.0 Å². The van der Waals surface area contributed by atoms with Crippen molar-refractivity contribution in [3.05, 3.63) is 76.1 Å². The summed E-state index contributed by atoms with van der Waals surface area (Å²) in [6.07, 6.45) is 3.36. The molecule has 2 unspecified atom stereocenters. The summed E-state index contributed by atoms with van der Waals surface area (Å²) in [4.78, 5) is 18.4. The van der Waals surface area contributed by atoms with Gasteiger partial charge in [-0.2, -0.15) is 5.10 Å². The Balaban J connectivity index is 1.45. The molecule has 1 amide bonds. The van der Waals surface area contributed by atoms with Crippen molar-refractivity contribution in [2.24, 2.45) is 0 Å². The van der Waals surface area contributed by atoms with E-state index in [1.807, 2.05) is 4.90 Å². The van der Waals surface area contributed by atoms with Crippen LogP contribution in [0.15, 0.2) is 36.4 Å². The molecule has 2 aliphatic heterocycles. The molecule has 0 N–H and O–H groups in total. The molecule has 1 aromatic heterocycles. The van der Waals surface area contributed by atoms with Gasteiger partial charge in [0.1, 0.15) is 0 Å². The molecule has 170 valence electrons. The molecule has 2 aromatic carbocycles. The molecule has 5 nitrogen and oxygen atoms in total. The van der Waals surface area contributed by atoms with Crippen LogP contribution >= 0.6 is 0 Å². The Kier molecular flexibility index (Phi) is 4.66. The second-order valence-corrected chi connectivity index (χ2v) is 9.60. The summed E-state index contributed by atoms with van der Waals surface area (Å²) < 4.78 is 29.1. The highest BCUT2D eigenvalue weighted by Crippen LogP contribution is 2.46. The van der Waals surface area contributed by atoms with E-state index in [9.17, 15) is 13.6 Å². The molecule has 7 heteroatoms. The first-order chi connectivity index (χ1) is 15.9. The number of likely N-dealkylation sites (tertiary alicyclic amines) is 1. The van der Waals surface area contributed by atoms with E-state index in [0.717, 1.165) is 67.9 Å². The van der Waals surface area contributed by atoms with Gasteiger partial charge in [0.25, 0.3) is 5.91 Å². The predicted molar refractivity (Wildman–Crippen MR) is 122 cm³/mol. The molecule has 3 heterocycles. The van der Waals surface area contributed by atoms with Crippen LogP contribution < -0.4 is 4.90 Å². The van der Waals surface area contributed by atoms with Crippen LogP contribution in [0.1, 0.15) is 51.6 Å². The van der Waals surface area contributed by atoms with E-state index in [1.165, 1.54) is 17.2 Å². The molecule has 1 aliphatic carbocycles. The Morgan fingerprint density at radius 2 is 1.94 bits per heavy atom. The van der Waals surface area contributed by atoms with Crippen LogP contribution in [-0.4, -0.2) is 46.8 Å². The highest BCUT2D eigenvalue weighted by Gasteiger charge is 2.45. The van der Waals surface area contributed by atoms with Crippen LogP contribution in [0.2, 0.25) is 0 Å². The fourth-order valence-electron chi connectivity index (χ4n) is 5.90. The highest BCUT2D eigenvalue weighted by molar-refractivity contribution is 6.08. The van der Waals surface area contributed by atoms with E-state index >= 15 is 0 Å². The number of hydrogen-bond donors (Lipinski definition) is 0. The molecule has 0 bridgehead atoms. The zero-order chi connectivity index (χ0) is 22.9. The maximum atomic E-state index is 14.1. The summed E-state index contributed by atoms with van der Waals surface area (Å²) in [7, 11) is 2.13. The van der Waals surface area contributed by atoms with Crippen molar-refractivity contribution >= 4 is 11.6 Å². The summed E-state index contributed by atoms with van der Waals surface area (Å²) in [6.45, 7) is 3.95. The third-order valence-electron chi connectivity index (χ3n) is 7.45. The van der Waals surface area contributed by atoms with Crippen molar-refractivity contribution in [1.29, 1.82) is 0 Å². The molecule has 3 aromatic rings. The number of anilines is 1. The number of nitrogens with zero attached hydrogens (tertiary/aromatic N) is 4. The third kappa shape index (κ3) is 3.13. The second-order valence-electron chi connectivity index (χ2n) is 9.60. The van der Waals surface area contributed by atoms with Gasteiger partial charge in [-0.25, -0.2) is 13.5 Å². The standard InChI is InChI=1S/C26H26F2N4O/c1-15-6-9-22-18(12-15)19-14-30(2)11-10-23(19)31(22)26(33)25-17-4-3-5-24(17)32(29-25)16-7-8-20(27)21(28)13-16/h6-9,12-13,19,23H,3-5,10-11,14H2,1-2H3. The molecule has 6 rings (SSSR count). The lowest BCUT2D eigenvalue weighted by atomic mass is 9.89. The molecule has 2 atom stereocenters. The van der Waals surface area contributed by atoms with Crippen LogP contribution in [0, 0.1) is 18.6 Å². The van der Waals surface area contributed by atoms with Crippen LogP contribution in [0.5, 0.6) is 0 Å². The molecule has 0 radical (unpaired) electrons. The molecule has 1 saturated heterocycles. The maximum Gasteiger partial charge on any atom is 0.279 e. The summed E-state index contributed by atoms with van der Waals surface area (Å²) in [5.41, 5.74) is 6.15. The lowest BCUT2D eigenvalue weighted by Gasteiger charge is -2.36. The predicted octanol–water partition coefficient (Wildman–Crippen LogP) is 4.40. The number of amides is 1. The quantitative estimate of drug-likeness (QED) is 0.584. The second kappa shape index (κ2) is 7.48. The molecule has 33 heavy (non-hydrogen) atoms. The summed E-state index contributed by atoms with van der Waals surface area (Å²) in [5.74, 6) is -1.61. The van der Waals surface area contributed by atoms with Gasteiger partial charge in [-0.1, -0.05) is 17.7 Å².